The smallest absolute Gasteiger partial charge is 0.0638 e. The second kappa shape index (κ2) is 5.95. The number of nitrogens with zero attached hydrogens (tertiary/aromatic N) is 5. The number of piperazine rings is 1. The summed E-state index contributed by atoms with van der Waals surface area (Å²) in [5.74, 6) is 0.970. The number of aromatic nitrogens is 2. The lowest BCUT2D eigenvalue weighted by Gasteiger charge is -2.51. The maximum absolute atomic E-state index is 4.46. The maximum atomic E-state index is 4.46. The van der Waals surface area contributed by atoms with Crippen molar-refractivity contribution < 1.29 is 0 Å². The normalized spacial score (nSPS) is 33.5. The Morgan fingerprint density at radius 1 is 1.09 bits per heavy atom. The zero-order chi connectivity index (χ0) is 15.1. The van der Waals surface area contributed by atoms with Crippen molar-refractivity contribution in [3.8, 4) is 0 Å². The molecule has 5 rings (SSSR count). The van der Waals surface area contributed by atoms with E-state index in [1.165, 1.54) is 69.9 Å². The van der Waals surface area contributed by atoms with Crippen LogP contribution >= 0.6 is 0 Å². The molecule has 5 heteroatoms. The number of piperidine rings is 3. The molecule has 1 unspecified atom stereocenters. The summed E-state index contributed by atoms with van der Waals surface area (Å²) in [6, 6.07) is 0.838. The zero-order valence-electron chi connectivity index (χ0n) is 14.0. The van der Waals surface area contributed by atoms with Crippen molar-refractivity contribution in [1.29, 1.82) is 0 Å². The van der Waals surface area contributed by atoms with E-state index >= 15 is 0 Å². The molecule has 0 amide bonds. The lowest BCUT2D eigenvalue weighted by molar-refractivity contribution is -0.0162. The van der Waals surface area contributed by atoms with Gasteiger partial charge in [0, 0.05) is 64.1 Å². The largest absolute Gasteiger partial charge is 0.302 e. The van der Waals surface area contributed by atoms with E-state index in [4.69, 9.17) is 0 Å². The Labute approximate surface area is 133 Å². The molecule has 1 aromatic rings. The lowest BCUT2D eigenvalue weighted by Crippen LogP contribution is -2.60. The lowest BCUT2D eigenvalue weighted by atomic mass is 9.83. The van der Waals surface area contributed by atoms with Gasteiger partial charge in [-0.25, -0.2) is 0 Å². The zero-order valence-corrected chi connectivity index (χ0v) is 14.0. The van der Waals surface area contributed by atoms with Crippen LogP contribution in [0.4, 0.5) is 0 Å². The number of hydrogen-bond acceptors (Lipinski definition) is 4. The molecule has 0 spiro atoms. The predicted octanol–water partition coefficient (Wildman–Crippen LogP) is 0.940. The second-order valence-electron chi connectivity index (χ2n) is 7.43. The molecule has 22 heavy (non-hydrogen) atoms. The predicted molar refractivity (Wildman–Crippen MR) is 87.7 cm³/mol. The second-order valence-corrected chi connectivity index (χ2v) is 7.43. The summed E-state index contributed by atoms with van der Waals surface area (Å²) in [4.78, 5) is 8.06. The number of aryl methyl sites for hydroxylation is 2. The average molecular weight is 303 g/mol. The molecule has 5 heterocycles. The Balaban J connectivity index is 1.32. The van der Waals surface area contributed by atoms with Crippen LogP contribution in [0, 0.1) is 12.8 Å². The molecule has 0 saturated carbocycles. The molecule has 1 aromatic heterocycles. The van der Waals surface area contributed by atoms with E-state index in [0.717, 1.165) is 18.5 Å². The van der Waals surface area contributed by atoms with Gasteiger partial charge in [-0.2, -0.15) is 5.10 Å². The molecule has 0 radical (unpaired) electrons. The van der Waals surface area contributed by atoms with Gasteiger partial charge in [0.15, 0.2) is 0 Å². The van der Waals surface area contributed by atoms with E-state index in [-0.39, 0.29) is 0 Å². The Bertz CT molecular complexity index is 509. The van der Waals surface area contributed by atoms with Crippen molar-refractivity contribution in [1.82, 2.24) is 24.5 Å². The number of fused-ring (bicyclic) bond motifs is 3. The van der Waals surface area contributed by atoms with Crippen molar-refractivity contribution in [2.75, 3.05) is 45.8 Å². The first kappa shape index (κ1) is 14.7. The van der Waals surface area contributed by atoms with Crippen LogP contribution in [-0.4, -0.2) is 76.3 Å². The third-order valence-electron chi connectivity index (χ3n) is 6.01. The fraction of sp³-hybridized carbons (Fsp3) is 0.824. The van der Waals surface area contributed by atoms with Crippen molar-refractivity contribution in [2.24, 2.45) is 13.0 Å². The van der Waals surface area contributed by atoms with Gasteiger partial charge in [-0.15, -0.1) is 0 Å². The summed E-state index contributed by atoms with van der Waals surface area (Å²) < 4.78 is 1.94. The van der Waals surface area contributed by atoms with Gasteiger partial charge in [-0.1, -0.05) is 0 Å². The van der Waals surface area contributed by atoms with Crippen molar-refractivity contribution in [3.63, 3.8) is 0 Å². The van der Waals surface area contributed by atoms with Crippen LogP contribution in [-0.2, 0) is 13.6 Å². The Kier molecular flexibility index (Phi) is 3.96. The molecule has 122 valence electrons. The number of hydrogen-bond donors (Lipinski definition) is 0. The fourth-order valence-electron chi connectivity index (χ4n) is 4.65. The maximum Gasteiger partial charge on any atom is 0.0638 e. The molecule has 5 nitrogen and oxygen atoms in total. The van der Waals surface area contributed by atoms with Gasteiger partial charge in [0.25, 0.3) is 0 Å². The van der Waals surface area contributed by atoms with Crippen molar-refractivity contribution in [3.05, 3.63) is 17.5 Å². The highest BCUT2D eigenvalue weighted by molar-refractivity contribution is 5.15. The first-order chi connectivity index (χ1) is 10.7. The van der Waals surface area contributed by atoms with E-state index in [0.29, 0.717) is 0 Å². The van der Waals surface area contributed by atoms with Gasteiger partial charge in [0.1, 0.15) is 0 Å². The van der Waals surface area contributed by atoms with Crippen LogP contribution in [0.25, 0.3) is 0 Å². The van der Waals surface area contributed by atoms with Crippen molar-refractivity contribution in [2.45, 2.75) is 32.4 Å². The van der Waals surface area contributed by atoms with E-state index < -0.39 is 0 Å². The summed E-state index contributed by atoms with van der Waals surface area (Å²) in [6.45, 7) is 12.1. The molecule has 4 aliphatic rings. The molecule has 4 aliphatic heterocycles. The van der Waals surface area contributed by atoms with E-state index in [9.17, 15) is 0 Å². The third kappa shape index (κ3) is 2.82. The molecule has 0 aromatic carbocycles. The summed E-state index contributed by atoms with van der Waals surface area (Å²) in [5, 5.41) is 4.46. The minimum atomic E-state index is 0.838. The fourth-order valence-corrected chi connectivity index (χ4v) is 4.65. The minimum absolute atomic E-state index is 0.838. The van der Waals surface area contributed by atoms with Crippen LogP contribution in [0.3, 0.4) is 0 Å². The Morgan fingerprint density at radius 3 is 2.36 bits per heavy atom. The average Bonchev–Trinajstić information content (AvgIpc) is 2.87. The summed E-state index contributed by atoms with van der Waals surface area (Å²) in [5.41, 5.74) is 2.57. The topological polar surface area (TPSA) is 27.5 Å². The van der Waals surface area contributed by atoms with Crippen LogP contribution < -0.4 is 0 Å². The van der Waals surface area contributed by atoms with Gasteiger partial charge in [-0.3, -0.25) is 14.5 Å². The quantitative estimate of drug-likeness (QED) is 0.831. The van der Waals surface area contributed by atoms with E-state index in [1.807, 2.05) is 11.7 Å². The first-order valence-electron chi connectivity index (χ1n) is 8.87. The highest BCUT2D eigenvalue weighted by Gasteiger charge is 2.38. The summed E-state index contributed by atoms with van der Waals surface area (Å²) >= 11 is 0. The SMILES string of the molecule is Cc1nn(C)cc1CN1CCN(C2CN3CCC2CC3)CC1. The van der Waals surface area contributed by atoms with Crippen LogP contribution in [0.2, 0.25) is 0 Å². The third-order valence-corrected chi connectivity index (χ3v) is 6.01. The monoisotopic (exact) mass is 303 g/mol. The Morgan fingerprint density at radius 2 is 1.82 bits per heavy atom. The van der Waals surface area contributed by atoms with Gasteiger partial charge in [-0.05, 0) is 38.8 Å². The van der Waals surface area contributed by atoms with Crippen LogP contribution in [0.1, 0.15) is 24.1 Å². The van der Waals surface area contributed by atoms with Crippen molar-refractivity contribution >= 4 is 0 Å². The van der Waals surface area contributed by atoms with Crippen LogP contribution in [0.15, 0.2) is 6.20 Å². The number of rotatable bonds is 3. The van der Waals surface area contributed by atoms with Gasteiger partial charge >= 0.3 is 0 Å². The van der Waals surface area contributed by atoms with Gasteiger partial charge in [0.2, 0.25) is 0 Å². The summed E-state index contributed by atoms with van der Waals surface area (Å²) in [7, 11) is 2.02. The molecule has 4 fully saturated rings. The van der Waals surface area contributed by atoms with Gasteiger partial charge in [0.05, 0.1) is 5.69 Å². The van der Waals surface area contributed by atoms with E-state index in [2.05, 4.69) is 32.9 Å². The van der Waals surface area contributed by atoms with E-state index in [1.54, 1.807) is 0 Å². The first-order valence-corrected chi connectivity index (χ1v) is 8.87. The summed E-state index contributed by atoms with van der Waals surface area (Å²) in [6.07, 6.45) is 5.04. The minimum Gasteiger partial charge on any atom is -0.302 e. The molecule has 1 atom stereocenters. The van der Waals surface area contributed by atoms with Gasteiger partial charge < -0.3 is 4.90 Å². The molecule has 2 bridgehead atoms. The highest BCUT2D eigenvalue weighted by Crippen LogP contribution is 2.31. The molecule has 4 saturated heterocycles. The molecular formula is C17H29N5. The highest BCUT2D eigenvalue weighted by atomic mass is 15.3. The standard InChI is InChI=1S/C17H29N5/c1-14-16(11-19(2)18-14)12-21-7-9-22(10-8-21)17-13-20-5-3-15(17)4-6-20/h11,15,17H,3-10,12-13H2,1-2H3. The molecular weight excluding hydrogens is 274 g/mol. The molecule has 0 N–H and O–H groups in total. The Hall–Kier alpha value is -0.910. The van der Waals surface area contributed by atoms with Crippen LogP contribution in [0.5, 0.6) is 0 Å². The molecule has 0 aliphatic carbocycles.